The lowest BCUT2D eigenvalue weighted by Crippen LogP contribution is -2.12. The fourth-order valence-electron chi connectivity index (χ4n) is 2.21. The highest BCUT2D eigenvalue weighted by Gasteiger charge is 2.25. The summed E-state index contributed by atoms with van der Waals surface area (Å²) in [5.41, 5.74) is 1.44. The Kier molecular flexibility index (Phi) is 4.07. The van der Waals surface area contributed by atoms with E-state index in [0.29, 0.717) is 18.4 Å². The van der Waals surface area contributed by atoms with Crippen molar-refractivity contribution >= 4 is 23.5 Å². The van der Waals surface area contributed by atoms with Gasteiger partial charge in [0, 0.05) is 16.9 Å². The van der Waals surface area contributed by atoms with Crippen LogP contribution in [-0.2, 0) is 4.79 Å². The molecule has 0 saturated heterocycles. The minimum absolute atomic E-state index is 0.0659. The monoisotopic (exact) mass is 264 g/mol. The number of carbonyl (C=O) groups is 2. The Morgan fingerprint density at radius 3 is 2.89 bits per heavy atom. The van der Waals surface area contributed by atoms with Crippen LogP contribution in [0.1, 0.15) is 48.0 Å². The van der Waals surface area contributed by atoms with Gasteiger partial charge in [-0.25, -0.2) is 0 Å². The molecule has 2 rings (SSSR count). The highest BCUT2D eigenvalue weighted by atomic mass is 32.2. The third-order valence-electron chi connectivity index (χ3n) is 3.22. The van der Waals surface area contributed by atoms with E-state index in [0.717, 1.165) is 22.6 Å². The zero-order valence-corrected chi connectivity index (χ0v) is 11.1. The number of carbonyl (C=O) groups excluding carboxylic acids is 1. The summed E-state index contributed by atoms with van der Waals surface area (Å²) in [5, 5.41) is 9.30. The van der Waals surface area contributed by atoms with Crippen LogP contribution >= 0.6 is 11.8 Å². The Labute approximate surface area is 111 Å². The van der Waals surface area contributed by atoms with Crippen molar-refractivity contribution in [3.05, 3.63) is 29.3 Å². The van der Waals surface area contributed by atoms with Crippen LogP contribution in [0.15, 0.2) is 23.1 Å². The maximum Gasteiger partial charge on any atom is 0.311 e. The summed E-state index contributed by atoms with van der Waals surface area (Å²) in [6.45, 7) is 1.82. The number of carboxylic acids is 1. The molecule has 1 atom stereocenters. The minimum atomic E-state index is -0.792. The van der Waals surface area contributed by atoms with Gasteiger partial charge in [-0.3, -0.25) is 9.59 Å². The van der Waals surface area contributed by atoms with Crippen LogP contribution < -0.4 is 0 Å². The summed E-state index contributed by atoms with van der Waals surface area (Å²) < 4.78 is 0. The minimum Gasteiger partial charge on any atom is -0.481 e. The van der Waals surface area contributed by atoms with E-state index in [4.69, 9.17) is 0 Å². The number of rotatable bonds is 3. The summed E-state index contributed by atoms with van der Waals surface area (Å²) in [4.78, 5) is 24.0. The molecule has 3 nitrogen and oxygen atoms in total. The number of ketones is 1. The van der Waals surface area contributed by atoms with Gasteiger partial charge in [0.2, 0.25) is 0 Å². The molecule has 1 aromatic rings. The lowest BCUT2D eigenvalue weighted by atomic mass is 9.92. The van der Waals surface area contributed by atoms with Crippen LogP contribution in [0.2, 0.25) is 0 Å². The molecule has 1 N–H and O–H groups in total. The number of hydrogen-bond acceptors (Lipinski definition) is 3. The molecule has 0 aliphatic carbocycles. The van der Waals surface area contributed by atoms with E-state index in [-0.39, 0.29) is 5.78 Å². The Morgan fingerprint density at radius 2 is 2.22 bits per heavy atom. The fraction of sp³-hybridized carbons (Fsp3) is 0.429. The summed E-state index contributed by atoms with van der Waals surface area (Å²) in [7, 11) is 0. The van der Waals surface area contributed by atoms with Crippen LogP contribution in [0.3, 0.4) is 0 Å². The first kappa shape index (κ1) is 13.1. The van der Waals surface area contributed by atoms with Crippen molar-refractivity contribution in [2.24, 2.45) is 0 Å². The number of thioether (sulfide) groups is 1. The van der Waals surface area contributed by atoms with Gasteiger partial charge in [0.05, 0.1) is 5.92 Å². The summed E-state index contributed by atoms with van der Waals surface area (Å²) in [5.74, 6) is -0.256. The molecule has 1 unspecified atom stereocenters. The molecule has 1 aromatic carbocycles. The number of benzene rings is 1. The number of hydrogen-bond donors (Lipinski definition) is 1. The Morgan fingerprint density at radius 1 is 1.44 bits per heavy atom. The Bertz CT molecular complexity index is 482. The second-order valence-corrected chi connectivity index (χ2v) is 5.55. The normalized spacial score (nSPS) is 18.8. The molecule has 1 heterocycles. The topological polar surface area (TPSA) is 54.4 Å². The van der Waals surface area contributed by atoms with Gasteiger partial charge in [-0.2, -0.15) is 0 Å². The van der Waals surface area contributed by atoms with Gasteiger partial charge in [-0.1, -0.05) is 13.0 Å². The van der Waals surface area contributed by atoms with Crippen molar-refractivity contribution in [1.29, 1.82) is 0 Å². The zero-order valence-electron chi connectivity index (χ0n) is 10.3. The molecule has 0 radical (unpaired) electrons. The number of Topliss-reactive ketones (excluding diaryl/α,β-unsaturated/α-hetero) is 1. The largest absolute Gasteiger partial charge is 0.481 e. The maximum absolute atomic E-state index is 11.7. The maximum atomic E-state index is 11.7. The molecule has 18 heavy (non-hydrogen) atoms. The molecule has 4 heteroatoms. The lowest BCUT2D eigenvalue weighted by molar-refractivity contribution is -0.139. The van der Waals surface area contributed by atoms with Gasteiger partial charge in [-0.05, 0) is 36.3 Å². The summed E-state index contributed by atoms with van der Waals surface area (Å²) >= 11 is 1.68. The lowest BCUT2D eigenvalue weighted by Gasteiger charge is -2.13. The van der Waals surface area contributed by atoms with Gasteiger partial charge in [0.25, 0.3) is 0 Å². The van der Waals surface area contributed by atoms with Crippen LogP contribution in [0, 0.1) is 0 Å². The number of carboxylic acid groups (broad SMARTS) is 1. The first-order valence-corrected chi connectivity index (χ1v) is 7.14. The predicted octanol–water partition coefficient (Wildman–Crippen LogP) is 3.33. The van der Waals surface area contributed by atoms with Crippen LogP contribution in [-0.4, -0.2) is 22.6 Å². The molecule has 1 aliphatic rings. The quantitative estimate of drug-likeness (QED) is 0.851. The smallest absolute Gasteiger partial charge is 0.311 e. The molecule has 0 fully saturated rings. The molecular weight excluding hydrogens is 248 g/mol. The fourth-order valence-corrected chi connectivity index (χ4v) is 3.27. The standard InChI is InChI=1S/C14H16O3S/c1-2-12(15)9-5-6-13-11(8-9)10(14(16)17)4-3-7-18-13/h5-6,8,10H,2-4,7H2,1H3,(H,16,17). The van der Waals surface area contributed by atoms with Gasteiger partial charge in [0.15, 0.2) is 5.78 Å². The van der Waals surface area contributed by atoms with E-state index in [9.17, 15) is 14.7 Å². The second kappa shape index (κ2) is 5.57. The van der Waals surface area contributed by atoms with Crippen molar-refractivity contribution in [3.63, 3.8) is 0 Å². The molecule has 1 aliphatic heterocycles. The molecule has 0 saturated carbocycles. The molecule has 0 spiro atoms. The van der Waals surface area contributed by atoms with Crippen molar-refractivity contribution in [2.45, 2.75) is 37.0 Å². The van der Waals surface area contributed by atoms with E-state index in [2.05, 4.69) is 0 Å². The van der Waals surface area contributed by atoms with E-state index in [1.54, 1.807) is 17.8 Å². The number of fused-ring (bicyclic) bond motifs is 1. The summed E-state index contributed by atoms with van der Waals surface area (Å²) in [6, 6.07) is 5.48. The van der Waals surface area contributed by atoms with E-state index >= 15 is 0 Å². The van der Waals surface area contributed by atoms with E-state index in [1.165, 1.54) is 0 Å². The first-order chi connectivity index (χ1) is 8.63. The van der Waals surface area contributed by atoms with Gasteiger partial charge < -0.3 is 5.11 Å². The molecule has 96 valence electrons. The molecular formula is C14H16O3S. The predicted molar refractivity (Wildman–Crippen MR) is 71.4 cm³/mol. The Balaban J connectivity index is 2.46. The van der Waals surface area contributed by atoms with Crippen molar-refractivity contribution in [1.82, 2.24) is 0 Å². The van der Waals surface area contributed by atoms with Crippen molar-refractivity contribution in [3.8, 4) is 0 Å². The van der Waals surface area contributed by atoms with Crippen molar-refractivity contribution < 1.29 is 14.7 Å². The molecule has 0 amide bonds. The highest BCUT2D eigenvalue weighted by Crippen LogP contribution is 2.36. The van der Waals surface area contributed by atoms with E-state index in [1.807, 2.05) is 19.1 Å². The SMILES string of the molecule is CCC(=O)c1ccc2c(c1)C(C(=O)O)CCCS2. The van der Waals surface area contributed by atoms with Crippen molar-refractivity contribution in [2.75, 3.05) is 5.75 Å². The number of aliphatic carboxylic acids is 1. The summed E-state index contributed by atoms with van der Waals surface area (Å²) in [6.07, 6.45) is 2.00. The zero-order chi connectivity index (χ0) is 13.1. The van der Waals surface area contributed by atoms with Crippen LogP contribution in [0.5, 0.6) is 0 Å². The van der Waals surface area contributed by atoms with Gasteiger partial charge in [-0.15, -0.1) is 11.8 Å². The average Bonchev–Trinajstić information content (AvgIpc) is 2.59. The third kappa shape index (κ3) is 2.58. The van der Waals surface area contributed by atoms with E-state index < -0.39 is 11.9 Å². The Hall–Kier alpha value is -1.29. The average molecular weight is 264 g/mol. The second-order valence-electron chi connectivity index (χ2n) is 4.41. The van der Waals surface area contributed by atoms with Crippen LogP contribution in [0.25, 0.3) is 0 Å². The van der Waals surface area contributed by atoms with Crippen LogP contribution in [0.4, 0.5) is 0 Å². The molecule has 0 aromatic heterocycles. The first-order valence-electron chi connectivity index (χ1n) is 6.16. The third-order valence-corrected chi connectivity index (χ3v) is 4.40. The van der Waals surface area contributed by atoms with Gasteiger partial charge in [0.1, 0.15) is 0 Å². The molecule has 0 bridgehead atoms. The van der Waals surface area contributed by atoms with Gasteiger partial charge >= 0.3 is 5.97 Å². The highest BCUT2D eigenvalue weighted by molar-refractivity contribution is 7.99.